The summed E-state index contributed by atoms with van der Waals surface area (Å²) in [4.78, 5) is 4.28. The van der Waals surface area contributed by atoms with Crippen molar-refractivity contribution in [2.24, 2.45) is 0 Å². The second-order valence-electron chi connectivity index (χ2n) is 3.79. The summed E-state index contributed by atoms with van der Waals surface area (Å²) in [5, 5.41) is 3.67. The first-order valence-corrected chi connectivity index (χ1v) is 6.39. The molecule has 1 unspecified atom stereocenters. The van der Waals surface area contributed by atoms with Crippen molar-refractivity contribution in [2.45, 2.75) is 25.6 Å². The molecule has 0 aliphatic rings. The molecule has 4 nitrogen and oxygen atoms in total. The summed E-state index contributed by atoms with van der Waals surface area (Å²) >= 11 is 6.05. The van der Waals surface area contributed by atoms with Gasteiger partial charge >= 0.3 is 0 Å². The molecule has 0 aliphatic heterocycles. The third kappa shape index (κ3) is 2.82. The van der Waals surface area contributed by atoms with Gasteiger partial charge in [0.25, 0.3) is 5.89 Å². The SMILES string of the molecule is CCOc1ccc(-c2nc(C(Cl)CC)no2)cc1. The topological polar surface area (TPSA) is 48.2 Å². The fourth-order valence-electron chi connectivity index (χ4n) is 1.52. The van der Waals surface area contributed by atoms with Gasteiger partial charge in [-0.1, -0.05) is 12.1 Å². The van der Waals surface area contributed by atoms with Gasteiger partial charge in [0.2, 0.25) is 0 Å². The lowest BCUT2D eigenvalue weighted by molar-refractivity contribution is 0.340. The van der Waals surface area contributed by atoms with Crippen LogP contribution in [0.1, 0.15) is 31.5 Å². The molecule has 0 radical (unpaired) electrons. The largest absolute Gasteiger partial charge is 0.494 e. The van der Waals surface area contributed by atoms with E-state index < -0.39 is 0 Å². The lowest BCUT2D eigenvalue weighted by Crippen LogP contribution is -1.91. The predicted molar refractivity (Wildman–Crippen MR) is 69.8 cm³/mol. The Labute approximate surface area is 111 Å². The fraction of sp³-hybridized carbons (Fsp3) is 0.385. The molecular formula is C13H15ClN2O2. The van der Waals surface area contributed by atoms with Gasteiger partial charge in [0.05, 0.1) is 12.0 Å². The van der Waals surface area contributed by atoms with Crippen molar-refractivity contribution in [1.29, 1.82) is 0 Å². The lowest BCUT2D eigenvalue weighted by Gasteiger charge is -2.02. The summed E-state index contributed by atoms with van der Waals surface area (Å²) in [6.07, 6.45) is 0.768. The third-order valence-electron chi connectivity index (χ3n) is 2.49. The van der Waals surface area contributed by atoms with Crippen molar-refractivity contribution in [2.75, 3.05) is 6.61 Å². The van der Waals surface area contributed by atoms with E-state index in [1.54, 1.807) is 0 Å². The highest BCUT2D eigenvalue weighted by Crippen LogP contribution is 2.25. The Morgan fingerprint density at radius 3 is 2.61 bits per heavy atom. The Hall–Kier alpha value is -1.55. The molecule has 1 heterocycles. The number of halogens is 1. The molecule has 2 rings (SSSR count). The highest BCUT2D eigenvalue weighted by atomic mass is 35.5. The number of hydrogen-bond acceptors (Lipinski definition) is 4. The van der Waals surface area contributed by atoms with Crippen molar-refractivity contribution < 1.29 is 9.26 Å². The lowest BCUT2D eigenvalue weighted by atomic mass is 10.2. The molecule has 0 amide bonds. The van der Waals surface area contributed by atoms with Crippen LogP contribution in [0, 0.1) is 0 Å². The molecule has 1 aromatic carbocycles. The predicted octanol–water partition coefficient (Wildman–Crippen LogP) is 3.83. The molecule has 5 heteroatoms. The molecule has 96 valence electrons. The average Bonchev–Trinajstić information content (AvgIpc) is 2.89. The minimum atomic E-state index is -0.204. The smallest absolute Gasteiger partial charge is 0.257 e. The van der Waals surface area contributed by atoms with E-state index in [-0.39, 0.29) is 5.38 Å². The van der Waals surface area contributed by atoms with Crippen LogP contribution in [0.25, 0.3) is 11.5 Å². The van der Waals surface area contributed by atoms with Crippen LogP contribution in [0.15, 0.2) is 28.8 Å². The minimum absolute atomic E-state index is 0.204. The van der Waals surface area contributed by atoms with Crippen molar-refractivity contribution >= 4 is 11.6 Å². The number of ether oxygens (including phenoxy) is 1. The van der Waals surface area contributed by atoms with Gasteiger partial charge in [-0.3, -0.25) is 0 Å². The van der Waals surface area contributed by atoms with Crippen molar-refractivity contribution in [3.63, 3.8) is 0 Å². The molecule has 0 saturated heterocycles. The first-order valence-electron chi connectivity index (χ1n) is 5.95. The third-order valence-corrected chi connectivity index (χ3v) is 3.00. The highest BCUT2D eigenvalue weighted by molar-refractivity contribution is 6.20. The van der Waals surface area contributed by atoms with Crippen LogP contribution in [0.4, 0.5) is 0 Å². The summed E-state index contributed by atoms with van der Waals surface area (Å²) in [6.45, 7) is 4.57. The monoisotopic (exact) mass is 266 g/mol. The summed E-state index contributed by atoms with van der Waals surface area (Å²) in [6, 6.07) is 7.52. The van der Waals surface area contributed by atoms with Gasteiger partial charge in [-0.15, -0.1) is 11.6 Å². The molecule has 0 fully saturated rings. The van der Waals surface area contributed by atoms with Gasteiger partial charge < -0.3 is 9.26 Å². The molecule has 0 bridgehead atoms. The van der Waals surface area contributed by atoms with E-state index >= 15 is 0 Å². The van der Waals surface area contributed by atoms with E-state index in [4.69, 9.17) is 20.9 Å². The molecule has 2 aromatic rings. The second kappa shape index (κ2) is 5.87. The summed E-state index contributed by atoms with van der Waals surface area (Å²) in [5.74, 6) is 1.83. The quantitative estimate of drug-likeness (QED) is 0.772. The number of nitrogens with zero attached hydrogens (tertiary/aromatic N) is 2. The molecule has 0 saturated carbocycles. The van der Waals surface area contributed by atoms with Crippen LogP contribution in [0.3, 0.4) is 0 Å². The summed E-state index contributed by atoms with van der Waals surface area (Å²) < 4.78 is 10.6. The molecule has 0 aliphatic carbocycles. The van der Waals surface area contributed by atoms with Gasteiger partial charge in [-0.05, 0) is 37.6 Å². The normalized spacial score (nSPS) is 12.4. The van der Waals surface area contributed by atoms with Crippen LogP contribution in [-0.2, 0) is 0 Å². The van der Waals surface area contributed by atoms with Gasteiger partial charge in [0.1, 0.15) is 5.75 Å². The van der Waals surface area contributed by atoms with E-state index in [1.165, 1.54) is 0 Å². The molecule has 0 N–H and O–H groups in total. The summed E-state index contributed by atoms with van der Waals surface area (Å²) in [7, 11) is 0. The van der Waals surface area contributed by atoms with Gasteiger partial charge in [0.15, 0.2) is 5.82 Å². The van der Waals surface area contributed by atoms with E-state index in [0.717, 1.165) is 17.7 Å². The fourth-order valence-corrected chi connectivity index (χ4v) is 1.61. The zero-order chi connectivity index (χ0) is 13.0. The van der Waals surface area contributed by atoms with Crippen LogP contribution in [0.2, 0.25) is 0 Å². The molecule has 1 aromatic heterocycles. The number of hydrogen-bond donors (Lipinski definition) is 0. The summed E-state index contributed by atoms with van der Waals surface area (Å²) in [5.41, 5.74) is 0.858. The Morgan fingerprint density at radius 2 is 2.00 bits per heavy atom. The first kappa shape index (κ1) is 12.9. The molecule has 1 atom stereocenters. The number of benzene rings is 1. The highest BCUT2D eigenvalue weighted by Gasteiger charge is 2.14. The van der Waals surface area contributed by atoms with E-state index in [9.17, 15) is 0 Å². The maximum atomic E-state index is 6.05. The Bertz CT molecular complexity index is 496. The number of alkyl halides is 1. The second-order valence-corrected chi connectivity index (χ2v) is 4.32. The molecule has 0 spiro atoms. The standard InChI is InChI=1S/C13H15ClN2O2/c1-3-11(14)12-15-13(18-16-12)9-5-7-10(8-6-9)17-4-2/h5-8,11H,3-4H2,1-2H3. The Morgan fingerprint density at radius 1 is 1.28 bits per heavy atom. The van der Waals surface area contributed by atoms with Gasteiger partial charge in [-0.25, -0.2) is 0 Å². The number of rotatable bonds is 5. The first-order chi connectivity index (χ1) is 8.74. The number of aromatic nitrogens is 2. The van der Waals surface area contributed by atoms with Crippen LogP contribution >= 0.6 is 11.6 Å². The van der Waals surface area contributed by atoms with Crippen LogP contribution < -0.4 is 4.74 Å². The minimum Gasteiger partial charge on any atom is -0.494 e. The van der Waals surface area contributed by atoms with E-state index in [1.807, 2.05) is 38.1 Å². The van der Waals surface area contributed by atoms with Crippen molar-refractivity contribution in [1.82, 2.24) is 10.1 Å². The Kier molecular flexibility index (Phi) is 4.20. The Balaban J connectivity index is 2.18. The van der Waals surface area contributed by atoms with Crippen LogP contribution in [-0.4, -0.2) is 16.7 Å². The average molecular weight is 267 g/mol. The zero-order valence-electron chi connectivity index (χ0n) is 10.4. The maximum absolute atomic E-state index is 6.05. The van der Waals surface area contributed by atoms with E-state index in [0.29, 0.717) is 18.3 Å². The maximum Gasteiger partial charge on any atom is 0.257 e. The van der Waals surface area contributed by atoms with Crippen LogP contribution in [0.5, 0.6) is 5.75 Å². The van der Waals surface area contributed by atoms with E-state index in [2.05, 4.69) is 10.1 Å². The van der Waals surface area contributed by atoms with Crippen molar-refractivity contribution in [3.8, 4) is 17.2 Å². The van der Waals surface area contributed by atoms with Gasteiger partial charge in [0, 0.05) is 5.56 Å². The van der Waals surface area contributed by atoms with Gasteiger partial charge in [-0.2, -0.15) is 4.98 Å². The van der Waals surface area contributed by atoms with Crippen molar-refractivity contribution in [3.05, 3.63) is 30.1 Å². The molecule has 18 heavy (non-hydrogen) atoms. The zero-order valence-corrected chi connectivity index (χ0v) is 11.1. The molecular weight excluding hydrogens is 252 g/mol.